The van der Waals surface area contributed by atoms with Gasteiger partial charge in [-0.25, -0.2) is 18.3 Å². The summed E-state index contributed by atoms with van der Waals surface area (Å²) in [5.41, 5.74) is 0.941. The molecule has 0 radical (unpaired) electrons. The summed E-state index contributed by atoms with van der Waals surface area (Å²) in [5.74, 6) is -0.382. The van der Waals surface area contributed by atoms with Crippen molar-refractivity contribution < 1.29 is 8.78 Å². The van der Waals surface area contributed by atoms with Gasteiger partial charge in [0.15, 0.2) is 5.65 Å². The van der Waals surface area contributed by atoms with Crippen LogP contribution in [-0.4, -0.2) is 14.6 Å². The van der Waals surface area contributed by atoms with Gasteiger partial charge in [0.1, 0.15) is 22.1 Å². The molecule has 2 heterocycles. The highest BCUT2D eigenvalue weighted by atomic mass is 79.9. The van der Waals surface area contributed by atoms with Crippen LogP contribution in [0.5, 0.6) is 0 Å². The molecule has 2 aromatic heterocycles. The van der Waals surface area contributed by atoms with Gasteiger partial charge in [-0.15, -0.1) is 5.10 Å². The molecule has 0 saturated heterocycles. The molecule has 0 amide bonds. The van der Waals surface area contributed by atoms with E-state index in [2.05, 4.69) is 31.3 Å². The van der Waals surface area contributed by atoms with Gasteiger partial charge < -0.3 is 5.32 Å². The van der Waals surface area contributed by atoms with Crippen LogP contribution in [-0.2, 0) is 6.54 Å². The largest absolute Gasteiger partial charge is 0.364 e. The zero-order valence-corrected chi connectivity index (χ0v) is 11.7. The number of hydrogen-bond donors (Lipinski definition) is 1. The van der Waals surface area contributed by atoms with Crippen LogP contribution in [0.4, 0.5) is 14.6 Å². The van der Waals surface area contributed by atoms with Crippen LogP contribution in [0, 0.1) is 11.6 Å². The summed E-state index contributed by atoms with van der Waals surface area (Å²) in [5, 5.41) is 7.23. The normalized spacial score (nSPS) is 10.9. The topological polar surface area (TPSA) is 42.2 Å². The van der Waals surface area contributed by atoms with Gasteiger partial charge in [0.25, 0.3) is 0 Å². The molecule has 3 aromatic rings. The van der Waals surface area contributed by atoms with E-state index in [0.717, 1.165) is 18.2 Å². The number of anilines is 1. The summed E-state index contributed by atoms with van der Waals surface area (Å²) in [6.07, 6.45) is 1.64. The van der Waals surface area contributed by atoms with E-state index in [1.165, 1.54) is 0 Å². The van der Waals surface area contributed by atoms with E-state index in [0.29, 0.717) is 16.1 Å². The summed E-state index contributed by atoms with van der Waals surface area (Å²) < 4.78 is 28.9. The monoisotopic (exact) mass is 338 g/mol. The minimum atomic E-state index is -0.469. The molecule has 102 valence electrons. The molecule has 0 fully saturated rings. The molecular weight excluding hydrogens is 330 g/mol. The Morgan fingerprint density at radius 3 is 2.90 bits per heavy atom. The molecule has 0 aliphatic rings. The number of nitrogens with zero attached hydrogens (tertiary/aromatic N) is 3. The maximum atomic E-state index is 13.5. The summed E-state index contributed by atoms with van der Waals surface area (Å²) in [4.78, 5) is 4.12. The first-order valence-corrected chi connectivity index (χ1v) is 6.61. The number of halogens is 3. The number of fused-ring (bicyclic) bond motifs is 1. The van der Waals surface area contributed by atoms with Crippen molar-refractivity contribution in [3.63, 3.8) is 0 Å². The van der Waals surface area contributed by atoms with E-state index in [1.54, 1.807) is 22.8 Å². The lowest BCUT2D eigenvalue weighted by Gasteiger charge is -2.07. The molecular formula is C13H9BrF2N4. The fourth-order valence-corrected chi connectivity index (χ4v) is 2.17. The van der Waals surface area contributed by atoms with Gasteiger partial charge in [0.05, 0.1) is 6.20 Å². The molecule has 7 heteroatoms. The Morgan fingerprint density at radius 1 is 1.20 bits per heavy atom. The van der Waals surface area contributed by atoms with E-state index >= 15 is 0 Å². The van der Waals surface area contributed by atoms with Gasteiger partial charge >= 0.3 is 0 Å². The second kappa shape index (κ2) is 5.16. The third-order valence-corrected chi connectivity index (χ3v) is 3.33. The van der Waals surface area contributed by atoms with E-state index in [-0.39, 0.29) is 12.1 Å². The molecule has 0 aliphatic heterocycles. The number of aromatic nitrogens is 3. The van der Waals surface area contributed by atoms with Gasteiger partial charge in [0, 0.05) is 12.1 Å². The number of nitrogens with one attached hydrogen (secondary N) is 1. The Bertz CT molecular complexity index is 772. The highest BCUT2D eigenvalue weighted by molar-refractivity contribution is 9.10. The van der Waals surface area contributed by atoms with Crippen molar-refractivity contribution in [3.05, 3.63) is 58.3 Å². The minimum Gasteiger partial charge on any atom is -0.364 e. The fourth-order valence-electron chi connectivity index (χ4n) is 1.80. The van der Waals surface area contributed by atoms with Gasteiger partial charge in [-0.05, 0) is 46.3 Å². The highest BCUT2D eigenvalue weighted by Crippen LogP contribution is 2.15. The molecule has 1 aromatic carbocycles. The number of rotatable bonds is 3. The van der Waals surface area contributed by atoms with Crippen molar-refractivity contribution in [2.75, 3.05) is 5.32 Å². The lowest BCUT2D eigenvalue weighted by molar-refractivity contribution is 0.587. The van der Waals surface area contributed by atoms with Crippen molar-refractivity contribution in [2.45, 2.75) is 6.54 Å². The predicted octanol–water partition coefficient (Wildman–Crippen LogP) is 3.38. The zero-order chi connectivity index (χ0) is 14.1. The van der Waals surface area contributed by atoms with Crippen molar-refractivity contribution in [1.82, 2.24) is 14.6 Å². The molecule has 0 atom stereocenters. The van der Waals surface area contributed by atoms with E-state index < -0.39 is 11.6 Å². The Morgan fingerprint density at radius 2 is 2.05 bits per heavy atom. The average molecular weight is 339 g/mol. The van der Waals surface area contributed by atoms with Crippen molar-refractivity contribution >= 4 is 27.4 Å². The zero-order valence-electron chi connectivity index (χ0n) is 10.1. The van der Waals surface area contributed by atoms with Crippen molar-refractivity contribution in [2.24, 2.45) is 0 Å². The first kappa shape index (κ1) is 13.0. The number of benzene rings is 1. The fraction of sp³-hybridized carbons (Fsp3) is 0.0769. The van der Waals surface area contributed by atoms with Crippen LogP contribution in [0.15, 0.2) is 41.1 Å². The van der Waals surface area contributed by atoms with E-state index in [4.69, 9.17) is 0 Å². The minimum absolute atomic E-state index is 0.147. The highest BCUT2D eigenvalue weighted by Gasteiger charge is 2.06. The predicted molar refractivity (Wildman–Crippen MR) is 74.4 cm³/mol. The number of hydrogen-bond acceptors (Lipinski definition) is 3. The Kier molecular flexibility index (Phi) is 3.35. The van der Waals surface area contributed by atoms with Gasteiger partial charge in [-0.2, -0.15) is 0 Å². The average Bonchev–Trinajstić information content (AvgIpc) is 2.81. The summed E-state index contributed by atoms with van der Waals surface area (Å²) in [7, 11) is 0. The maximum absolute atomic E-state index is 13.5. The van der Waals surface area contributed by atoms with Crippen LogP contribution in [0.1, 0.15) is 5.56 Å². The van der Waals surface area contributed by atoms with Crippen LogP contribution < -0.4 is 5.32 Å². The lowest BCUT2D eigenvalue weighted by Crippen LogP contribution is -2.06. The third kappa shape index (κ3) is 2.49. The van der Waals surface area contributed by atoms with Gasteiger partial charge in [0.2, 0.25) is 0 Å². The summed E-state index contributed by atoms with van der Waals surface area (Å²) >= 11 is 3.32. The first-order chi connectivity index (χ1) is 9.63. The lowest BCUT2D eigenvalue weighted by atomic mass is 10.2. The van der Waals surface area contributed by atoms with Crippen LogP contribution in [0.25, 0.3) is 5.65 Å². The first-order valence-electron chi connectivity index (χ1n) is 5.81. The second-order valence-electron chi connectivity index (χ2n) is 4.16. The molecule has 0 spiro atoms. The van der Waals surface area contributed by atoms with E-state index in [1.807, 2.05) is 0 Å². The molecule has 0 unspecified atom stereocenters. The standard InChI is InChI=1S/C13H9BrF2N4/c14-11-7-18-13-4-3-12(19-20(11)13)17-6-8-5-9(15)1-2-10(8)16/h1-5,7H,6H2,(H,17,19). The van der Waals surface area contributed by atoms with Crippen LogP contribution >= 0.6 is 15.9 Å². The van der Waals surface area contributed by atoms with Gasteiger partial charge in [-0.1, -0.05) is 0 Å². The van der Waals surface area contributed by atoms with Crippen LogP contribution in [0.2, 0.25) is 0 Å². The summed E-state index contributed by atoms with van der Waals surface area (Å²) in [6, 6.07) is 6.86. The third-order valence-electron chi connectivity index (χ3n) is 2.79. The van der Waals surface area contributed by atoms with E-state index in [9.17, 15) is 8.78 Å². The molecule has 0 bridgehead atoms. The van der Waals surface area contributed by atoms with Crippen molar-refractivity contribution in [1.29, 1.82) is 0 Å². The SMILES string of the molecule is Fc1ccc(F)c(CNc2ccc3ncc(Br)n3n2)c1. The molecule has 3 rings (SSSR count). The smallest absolute Gasteiger partial charge is 0.154 e. The summed E-state index contributed by atoms with van der Waals surface area (Å²) in [6.45, 7) is 0.147. The Balaban J connectivity index is 1.82. The maximum Gasteiger partial charge on any atom is 0.154 e. The molecule has 0 aliphatic carbocycles. The quantitative estimate of drug-likeness (QED) is 0.796. The van der Waals surface area contributed by atoms with Crippen molar-refractivity contribution in [3.8, 4) is 0 Å². The molecule has 0 saturated carbocycles. The second-order valence-corrected chi connectivity index (χ2v) is 4.97. The molecule has 1 N–H and O–H groups in total. The molecule has 20 heavy (non-hydrogen) atoms. The Labute approximate surface area is 121 Å². The molecule has 4 nitrogen and oxygen atoms in total. The number of imidazole rings is 1. The Hall–Kier alpha value is -2.02. The van der Waals surface area contributed by atoms with Gasteiger partial charge in [-0.3, -0.25) is 0 Å². The van der Waals surface area contributed by atoms with Crippen LogP contribution in [0.3, 0.4) is 0 Å².